The van der Waals surface area contributed by atoms with Crippen LogP contribution in [0.1, 0.15) is 28.8 Å². The largest absolute Gasteiger partial charge is 0.339 e. The second-order valence-electron chi connectivity index (χ2n) is 5.81. The number of likely N-dealkylation sites (tertiary alicyclic amines) is 1. The van der Waals surface area contributed by atoms with Crippen molar-refractivity contribution < 1.29 is 9.59 Å². The van der Waals surface area contributed by atoms with Crippen LogP contribution in [0.5, 0.6) is 0 Å². The lowest BCUT2D eigenvalue weighted by Gasteiger charge is -2.15. The maximum absolute atomic E-state index is 12.4. The van der Waals surface area contributed by atoms with Gasteiger partial charge in [-0.05, 0) is 42.7 Å². The van der Waals surface area contributed by atoms with Gasteiger partial charge >= 0.3 is 0 Å². The summed E-state index contributed by atoms with van der Waals surface area (Å²) in [5.74, 6) is -0.187. The fraction of sp³-hybridized carbons (Fsp3) is 0.200. The maximum Gasteiger partial charge on any atom is 0.253 e. The van der Waals surface area contributed by atoms with E-state index >= 15 is 0 Å². The van der Waals surface area contributed by atoms with E-state index in [2.05, 4.69) is 5.32 Å². The Balaban J connectivity index is 1.64. The van der Waals surface area contributed by atoms with Crippen molar-refractivity contribution >= 4 is 23.6 Å². The highest BCUT2D eigenvalue weighted by molar-refractivity contribution is 6.03. The van der Waals surface area contributed by atoms with E-state index in [4.69, 9.17) is 0 Å². The average molecular weight is 320 g/mol. The lowest BCUT2D eigenvalue weighted by atomic mass is 10.1. The third-order valence-corrected chi connectivity index (χ3v) is 4.00. The summed E-state index contributed by atoms with van der Waals surface area (Å²) in [6.07, 6.45) is 5.37. The first kappa shape index (κ1) is 16.0. The minimum Gasteiger partial charge on any atom is -0.339 e. The second kappa shape index (κ2) is 7.59. The molecule has 1 fully saturated rings. The zero-order valence-electron chi connectivity index (χ0n) is 13.4. The zero-order valence-corrected chi connectivity index (χ0v) is 13.4. The van der Waals surface area contributed by atoms with Gasteiger partial charge in [0.25, 0.3) is 5.91 Å². The van der Waals surface area contributed by atoms with Crippen LogP contribution in [0.15, 0.2) is 60.7 Å². The first-order valence-electron chi connectivity index (χ1n) is 8.16. The van der Waals surface area contributed by atoms with Crippen molar-refractivity contribution in [3.05, 3.63) is 71.8 Å². The quantitative estimate of drug-likeness (QED) is 0.876. The summed E-state index contributed by atoms with van der Waals surface area (Å²) in [7, 11) is 0. The molecule has 0 aliphatic carbocycles. The van der Waals surface area contributed by atoms with Gasteiger partial charge in [-0.2, -0.15) is 0 Å². The Bertz CT molecular complexity index is 747. The van der Waals surface area contributed by atoms with E-state index in [1.165, 1.54) is 6.08 Å². The van der Waals surface area contributed by atoms with Crippen LogP contribution >= 0.6 is 0 Å². The number of hydrogen-bond acceptors (Lipinski definition) is 2. The molecule has 2 aromatic rings. The first-order chi connectivity index (χ1) is 11.7. The number of carbonyl (C=O) groups is 2. The Labute approximate surface area is 141 Å². The predicted octanol–water partition coefficient (Wildman–Crippen LogP) is 3.57. The van der Waals surface area contributed by atoms with E-state index in [9.17, 15) is 9.59 Å². The Morgan fingerprint density at radius 1 is 0.958 bits per heavy atom. The van der Waals surface area contributed by atoms with E-state index in [0.717, 1.165) is 31.5 Å². The van der Waals surface area contributed by atoms with Gasteiger partial charge in [-0.1, -0.05) is 36.4 Å². The molecule has 1 N–H and O–H groups in total. The fourth-order valence-corrected chi connectivity index (χ4v) is 2.75. The molecular formula is C20H20N2O2. The molecular weight excluding hydrogens is 300 g/mol. The molecule has 0 unspecified atom stereocenters. The molecule has 1 aliphatic heterocycles. The summed E-state index contributed by atoms with van der Waals surface area (Å²) in [6, 6.07) is 16.7. The molecule has 2 amide bonds. The van der Waals surface area contributed by atoms with E-state index < -0.39 is 0 Å². The molecule has 24 heavy (non-hydrogen) atoms. The van der Waals surface area contributed by atoms with E-state index in [1.54, 1.807) is 30.3 Å². The number of nitrogens with one attached hydrogen (secondary N) is 1. The molecule has 122 valence electrons. The number of nitrogens with zero attached hydrogens (tertiary/aromatic N) is 1. The van der Waals surface area contributed by atoms with E-state index in [0.29, 0.717) is 11.3 Å². The van der Waals surface area contributed by atoms with Crippen molar-refractivity contribution in [2.45, 2.75) is 12.8 Å². The SMILES string of the molecule is O=C(/C=C/c1ccccc1)Nc1cccc(C(=O)N2CCCC2)c1. The summed E-state index contributed by atoms with van der Waals surface area (Å²) >= 11 is 0. The zero-order chi connectivity index (χ0) is 16.8. The Kier molecular flexibility index (Phi) is 5.06. The molecule has 2 aromatic carbocycles. The van der Waals surface area contributed by atoms with Crippen molar-refractivity contribution in [2.24, 2.45) is 0 Å². The minimum absolute atomic E-state index is 0.0310. The van der Waals surface area contributed by atoms with Gasteiger partial charge < -0.3 is 10.2 Å². The van der Waals surface area contributed by atoms with Crippen molar-refractivity contribution in [1.29, 1.82) is 0 Å². The fourth-order valence-electron chi connectivity index (χ4n) is 2.75. The molecule has 1 aliphatic rings. The summed E-state index contributed by atoms with van der Waals surface area (Å²) in [5.41, 5.74) is 2.20. The standard InChI is InChI=1S/C20H20N2O2/c23-19(12-11-16-7-2-1-3-8-16)21-18-10-6-9-17(15-18)20(24)22-13-4-5-14-22/h1-3,6-12,15H,4-5,13-14H2,(H,21,23)/b12-11+. The van der Waals surface area contributed by atoms with Crippen LogP contribution in [0, 0.1) is 0 Å². The molecule has 0 radical (unpaired) electrons. The van der Waals surface area contributed by atoms with Gasteiger partial charge in [-0.15, -0.1) is 0 Å². The third kappa shape index (κ3) is 4.10. The lowest BCUT2D eigenvalue weighted by Crippen LogP contribution is -2.27. The normalized spacial score (nSPS) is 14.1. The Hall–Kier alpha value is -2.88. The molecule has 0 atom stereocenters. The number of anilines is 1. The van der Waals surface area contributed by atoms with Crippen LogP contribution in [0.25, 0.3) is 6.08 Å². The first-order valence-corrected chi connectivity index (χ1v) is 8.16. The van der Waals surface area contributed by atoms with Gasteiger partial charge in [-0.3, -0.25) is 9.59 Å². The van der Waals surface area contributed by atoms with Gasteiger partial charge in [0.1, 0.15) is 0 Å². The highest BCUT2D eigenvalue weighted by Gasteiger charge is 2.19. The smallest absolute Gasteiger partial charge is 0.253 e. The minimum atomic E-state index is -0.218. The number of amides is 2. The number of carbonyl (C=O) groups excluding carboxylic acids is 2. The lowest BCUT2D eigenvalue weighted by molar-refractivity contribution is -0.111. The molecule has 0 aromatic heterocycles. The number of hydrogen-bond donors (Lipinski definition) is 1. The molecule has 4 heteroatoms. The van der Waals surface area contributed by atoms with Crippen molar-refractivity contribution in [3.63, 3.8) is 0 Å². The summed E-state index contributed by atoms with van der Waals surface area (Å²) in [4.78, 5) is 26.3. The summed E-state index contributed by atoms with van der Waals surface area (Å²) < 4.78 is 0. The van der Waals surface area contributed by atoms with Gasteiger partial charge in [0.15, 0.2) is 0 Å². The molecule has 4 nitrogen and oxygen atoms in total. The van der Waals surface area contributed by atoms with Gasteiger partial charge in [-0.25, -0.2) is 0 Å². The Morgan fingerprint density at radius 2 is 1.71 bits per heavy atom. The van der Waals surface area contributed by atoms with E-state index in [-0.39, 0.29) is 11.8 Å². The van der Waals surface area contributed by atoms with Crippen LogP contribution in [0.3, 0.4) is 0 Å². The number of benzene rings is 2. The molecule has 0 saturated carbocycles. The molecule has 0 bridgehead atoms. The molecule has 0 spiro atoms. The van der Waals surface area contributed by atoms with Gasteiger partial charge in [0, 0.05) is 30.4 Å². The van der Waals surface area contributed by atoms with Crippen LogP contribution in [0.2, 0.25) is 0 Å². The second-order valence-corrected chi connectivity index (χ2v) is 5.81. The topological polar surface area (TPSA) is 49.4 Å². The monoisotopic (exact) mass is 320 g/mol. The maximum atomic E-state index is 12.4. The Morgan fingerprint density at radius 3 is 2.46 bits per heavy atom. The van der Waals surface area contributed by atoms with Crippen molar-refractivity contribution in [2.75, 3.05) is 18.4 Å². The number of rotatable bonds is 4. The van der Waals surface area contributed by atoms with Crippen LogP contribution in [-0.2, 0) is 4.79 Å². The molecule has 1 heterocycles. The molecule has 1 saturated heterocycles. The van der Waals surface area contributed by atoms with Crippen molar-refractivity contribution in [1.82, 2.24) is 4.90 Å². The average Bonchev–Trinajstić information content (AvgIpc) is 3.15. The molecule has 3 rings (SSSR count). The van der Waals surface area contributed by atoms with Crippen LogP contribution in [0.4, 0.5) is 5.69 Å². The van der Waals surface area contributed by atoms with Crippen LogP contribution in [-0.4, -0.2) is 29.8 Å². The highest BCUT2D eigenvalue weighted by Crippen LogP contribution is 2.16. The van der Waals surface area contributed by atoms with Gasteiger partial charge in [0.05, 0.1) is 0 Å². The third-order valence-electron chi connectivity index (χ3n) is 4.00. The summed E-state index contributed by atoms with van der Waals surface area (Å²) in [6.45, 7) is 1.63. The van der Waals surface area contributed by atoms with Gasteiger partial charge in [0.2, 0.25) is 5.91 Å². The van der Waals surface area contributed by atoms with Crippen LogP contribution < -0.4 is 5.32 Å². The van der Waals surface area contributed by atoms with Crippen molar-refractivity contribution in [3.8, 4) is 0 Å². The summed E-state index contributed by atoms with van der Waals surface area (Å²) in [5, 5.41) is 2.80. The van der Waals surface area contributed by atoms with E-state index in [1.807, 2.05) is 35.2 Å². The highest BCUT2D eigenvalue weighted by atomic mass is 16.2. The predicted molar refractivity (Wildman–Crippen MR) is 95.7 cm³/mol.